The lowest BCUT2D eigenvalue weighted by molar-refractivity contribution is -0.126. The fourth-order valence-corrected chi connectivity index (χ4v) is 3.69. The molecule has 0 aliphatic carbocycles. The molecule has 142 valence electrons. The van der Waals surface area contributed by atoms with Gasteiger partial charge in [0.2, 0.25) is 5.91 Å². The van der Waals surface area contributed by atoms with Crippen molar-refractivity contribution in [3.05, 3.63) is 83.9 Å². The summed E-state index contributed by atoms with van der Waals surface area (Å²) in [5, 5.41) is 2.88. The van der Waals surface area contributed by atoms with Gasteiger partial charge in [0.05, 0.1) is 5.92 Å². The number of benzene rings is 2. The zero-order valence-electron chi connectivity index (χ0n) is 15.2. The molecule has 1 aliphatic rings. The molecule has 1 saturated heterocycles. The molecule has 3 rings (SSSR count). The summed E-state index contributed by atoms with van der Waals surface area (Å²) in [6, 6.07) is 14.1. The van der Waals surface area contributed by atoms with Crippen LogP contribution in [0.1, 0.15) is 23.5 Å². The molecule has 1 amide bonds. The highest BCUT2D eigenvalue weighted by molar-refractivity contribution is 5.79. The van der Waals surface area contributed by atoms with Crippen molar-refractivity contribution in [2.75, 3.05) is 19.6 Å². The second-order valence-electron chi connectivity index (χ2n) is 7.02. The predicted molar refractivity (Wildman–Crippen MR) is 102 cm³/mol. The van der Waals surface area contributed by atoms with E-state index in [1.807, 2.05) is 18.2 Å². The van der Waals surface area contributed by atoms with Crippen LogP contribution in [0.5, 0.6) is 0 Å². The molecular weight excluding hydrogens is 346 g/mol. The third kappa shape index (κ3) is 5.01. The van der Waals surface area contributed by atoms with E-state index in [1.54, 1.807) is 12.1 Å². The van der Waals surface area contributed by atoms with Crippen LogP contribution in [0, 0.1) is 17.6 Å². The number of hydrogen-bond acceptors (Lipinski definition) is 2. The molecule has 0 unspecified atom stereocenters. The molecule has 0 radical (unpaired) electrons. The normalized spacial score (nSPS) is 20.2. The van der Waals surface area contributed by atoms with Gasteiger partial charge < -0.3 is 5.32 Å². The molecule has 1 N–H and O–H groups in total. The van der Waals surface area contributed by atoms with Crippen LogP contribution >= 0.6 is 0 Å². The van der Waals surface area contributed by atoms with Gasteiger partial charge in [-0.3, -0.25) is 9.69 Å². The SMILES string of the molecule is C=CCNC(=O)[C@@H]1C[C@H](c2ccccc2)CN(Cc2ccc(F)c(F)c2)C1. The first-order valence-corrected chi connectivity index (χ1v) is 9.16. The highest BCUT2D eigenvalue weighted by atomic mass is 19.2. The van der Waals surface area contributed by atoms with Gasteiger partial charge >= 0.3 is 0 Å². The Balaban J connectivity index is 1.77. The molecule has 3 nitrogen and oxygen atoms in total. The second-order valence-corrected chi connectivity index (χ2v) is 7.02. The Bertz CT molecular complexity index is 794. The highest BCUT2D eigenvalue weighted by Gasteiger charge is 2.32. The molecule has 1 fully saturated rings. The largest absolute Gasteiger partial charge is 0.352 e. The smallest absolute Gasteiger partial charge is 0.224 e. The van der Waals surface area contributed by atoms with Crippen LogP contribution in [0.2, 0.25) is 0 Å². The number of hydrogen-bond donors (Lipinski definition) is 1. The molecule has 5 heteroatoms. The summed E-state index contributed by atoms with van der Waals surface area (Å²) in [6.45, 7) is 5.91. The first-order valence-electron chi connectivity index (χ1n) is 9.16. The topological polar surface area (TPSA) is 32.3 Å². The molecule has 2 aromatic rings. The van der Waals surface area contributed by atoms with Crippen molar-refractivity contribution in [1.82, 2.24) is 10.2 Å². The van der Waals surface area contributed by atoms with Crippen molar-refractivity contribution in [3.63, 3.8) is 0 Å². The molecule has 2 atom stereocenters. The van der Waals surface area contributed by atoms with Crippen LogP contribution < -0.4 is 5.32 Å². The summed E-state index contributed by atoms with van der Waals surface area (Å²) in [7, 11) is 0. The lowest BCUT2D eigenvalue weighted by Gasteiger charge is -2.37. The number of carbonyl (C=O) groups excluding carboxylic acids is 1. The average molecular weight is 370 g/mol. The lowest BCUT2D eigenvalue weighted by atomic mass is 9.84. The number of nitrogens with one attached hydrogen (secondary N) is 1. The van der Waals surface area contributed by atoms with Crippen LogP contribution in [0.3, 0.4) is 0 Å². The van der Waals surface area contributed by atoms with Gasteiger partial charge in [-0.25, -0.2) is 8.78 Å². The van der Waals surface area contributed by atoms with Gasteiger partial charge in [0, 0.05) is 26.2 Å². The fourth-order valence-electron chi connectivity index (χ4n) is 3.69. The van der Waals surface area contributed by atoms with E-state index in [0.717, 1.165) is 19.0 Å². The zero-order valence-corrected chi connectivity index (χ0v) is 15.2. The van der Waals surface area contributed by atoms with E-state index in [2.05, 4.69) is 28.9 Å². The first kappa shape index (κ1) is 19.2. The number of likely N-dealkylation sites (tertiary alicyclic amines) is 1. The second kappa shape index (κ2) is 8.91. The summed E-state index contributed by atoms with van der Waals surface area (Å²) in [4.78, 5) is 14.7. The fraction of sp³-hybridized carbons (Fsp3) is 0.318. The maximum atomic E-state index is 13.6. The van der Waals surface area contributed by atoms with E-state index in [4.69, 9.17) is 0 Å². The van der Waals surface area contributed by atoms with E-state index >= 15 is 0 Å². The number of nitrogens with zero attached hydrogens (tertiary/aromatic N) is 1. The van der Waals surface area contributed by atoms with Gasteiger partial charge in [-0.05, 0) is 35.6 Å². The number of amides is 1. The van der Waals surface area contributed by atoms with Gasteiger partial charge in [-0.1, -0.05) is 42.5 Å². The lowest BCUT2D eigenvalue weighted by Crippen LogP contribution is -2.45. The molecule has 2 aromatic carbocycles. The predicted octanol–water partition coefficient (Wildman–Crippen LogP) is 3.87. The summed E-state index contributed by atoms with van der Waals surface area (Å²) in [5.41, 5.74) is 1.89. The van der Waals surface area contributed by atoms with Crippen molar-refractivity contribution in [2.24, 2.45) is 5.92 Å². The van der Waals surface area contributed by atoms with E-state index in [1.165, 1.54) is 11.6 Å². The Labute approximate surface area is 158 Å². The van der Waals surface area contributed by atoms with Gasteiger partial charge in [0.1, 0.15) is 0 Å². The molecule has 0 saturated carbocycles. The zero-order chi connectivity index (χ0) is 19.2. The monoisotopic (exact) mass is 370 g/mol. The molecular formula is C22H24F2N2O. The molecule has 1 heterocycles. The minimum Gasteiger partial charge on any atom is -0.352 e. The summed E-state index contributed by atoms with van der Waals surface area (Å²) in [6.07, 6.45) is 2.43. The van der Waals surface area contributed by atoms with Crippen LogP contribution in [-0.4, -0.2) is 30.4 Å². The Morgan fingerprint density at radius 1 is 1.15 bits per heavy atom. The van der Waals surface area contributed by atoms with E-state index in [-0.39, 0.29) is 17.7 Å². The van der Waals surface area contributed by atoms with E-state index < -0.39 is 11.6 Å². The number of halogens is 2. The third-order valence-corrected chi connectivity index (χ3v) is 4.98. The van der Waals surface area contributed by atoms with E-state index in [9.17, 15) is 13.6 Å². The summed E-state index contributed by atoms with van der Waals surface area (Å²) in [5.74, 6) is -1.63. The average Bonchev–Trinajstić information content (AvgIpc) is 2.69. The molecule has 0 spiro atoms. The van der Waals surface area contributed by atoms with Crippen molar-refractivity contribution >= 4 is 5.91 Å². The minimum atomic E-state index is -0.846. The molecule has 1 aliphatic heterocycles. The maximum absolute atomic E-state index is 13.6. The number of carbonyl (C=O) groups is 1. The molecule has 0 aromatic heterocycles. The van der Waals surface area contributed by atoms with Gasteiger partial charge in [-0.15, -0.1) is 6.58 Å². The molecule has 27 heavy (non-hydrogen) atoms. The Hall–Kier alpha value is -2.53. The molecule has 0 bridgehead atoms. The summed E-state index contributed by atoms with van der Waals surface area (Å²) >= 11 is 0. The Morgan fingerprint density at radius 2 is 1.93 bits per heavy atom. The highest BCUT2D eigenvalue weighted by Crippen LogP contribution is 2.31. The summed E-state index contributed by atoms with van der Waals surface area (Å²) < 4.78 is 26.7. The van der Waals surface area contributed by atoms with Gasteiger partial charge in [0.25, 0.3) is 0 Å². The van der Waals surface area contributed by atoms with Crippen LogP contribution in [-0.2, 0) is 11.3 Å². The van der Waals surface area contributed by atoms with Crippen LogP contribution in [0.4, 0.5) is 8.78 Å². The third-order valence-electron chi connectivity index (χ3n) is 4.98. The van der Waals surface area contributed by atoms with Crippen LogP contribution in [0.25, 0.3) is 0 Å². The maximum Gasteiger partial charge on any atom is 0.224 e. The first-order chi connectivity index (χ1) is 13.1. The quantitative estimate of drug-likeness (QED) is 0.783. The Morgan fingerprint density at radius 3 is 2.63 bits per heavy atom. The standard InChI is InChI=1S/C22H24F2N2O/c1-2-10-25-22(27)19-12-18(17-6-4-3-5-7-17)14-26(15-19)13-16-8-9-20(23)21(24)11-16/h2-9,11,18-19H,1,10,12-15H2,(H,25,27)/t18-,19+/m0/s1. The Kier molecular flexibility index (Phi) is 6.35. The van der Waals surface area contributed by atoms with Crippen molar-refractivity contribution in [1.29, 1.82) is 0 Å². The number of piperidine rings is 1. The van der Waals surface area contributed by atoms with E-state index in [0.29, 0.717) is 25.2 Å². The van der Waals surface area contributed by atoms with Crippen molar-refractivity contribution in [3.8, 4) is 0 Å². The van der Waals surface area contributed by atoms with Gasteiger partial charge in [-0.2, -0.15) is 0 Å². The minimum absolute atomic E-state index is 0.00539. The van der Waals surface area contributed by atoms with Crippen LogP contribution in [0.15, 0.2) is 61.2 Å². The van der Waals surface area contributed by atoms with Gasteiger partial charge in [0.15, 0.2) is 11.6 Å². The van der Waals surface area contributed by atoms with Crippen molar-refractivity contribution < 1.29 is 13.6 Å². The van der Waals surface area contributed by atoms with Crippen molar-refractivity contribution in [2.45, 2.75) is 18.9 Å². The number of rotatable bonds is 6.